The van der Waals surface area contributed by atoms with Gasteiger partial charge in [0.25, 0.3) is 0 Å². The second-order valence-electron chi connectivity index (χ2n) is 9.10. The van der Waals surface area contributed by atoms with Crippen molar-refractivity contribution in [3.8, 4) is 22.7 Å². The Labute approximate surface area is 231 Å². The first kappa shape index (κ1) is 26.5. The van der Waals surface area contributed by atoms with Crippen LogP contribution in [0.5, 0.6) is 5.75 Å². The second-order valence-corrected chi connectivity index (χ2v) is 10.2. The number of fused-ring (bicyclic) bond motifs is 1. The van der Waals surface area contributed by atoms with E-state index in [-0.39, 0.29) is 29.9 Å². The summed E-state index contributed by atoms with van der Waals surface area (Å²) < 4.78 is 22.3. The molecule has 3 aromatic carbocycles. The number of hydrogen-bond donors (Lipinski definition) is 1. The van der Waals surface area contributed by atoms with Gasteiger partial charge in [-0.15, -0.1) is 11.8 Å². The van der Waals surface area contributed by atoms with Gasteiger partial charge in [-0.25, -0.2) is 9.07 Å². The van der Waals surface area contributed by atoms with Gasteiger partial charge >= 0.3 is 0 Å². The molecular formula is C30H29FN4O3S. The van der Waals surface area contributed by atoms with Crippen molar-refractivity contribution in [1.82, 2.24) is 15.1 Å². The Kier molecular flexibility index (Phi) is 7.97. The van der Waals surface area contributed by atoms with Crippen molar-refractivity contribution in [2.45, 2.75) is 18.6 Å². The topological polar surface area (TPSA) is 76.5 Å². The Balaban J connectivity index is 1.79. The Morgan fingerprint density at radius 1 is 1.08 bits per heavy atom. The third-order valence-corrected chi connectivity index (χ3v) is 7.75. The Morgan fingerprint density at radius 2 is 1.79 bits per heavy atom. The number of amides is 2. The number of aromatic nitrogens is 2. The zero-order valence-electron chi connectivity index (χ0n) is 21.8. The molecule has 2 heterocycles. The molecule has 1 atom stereocenters. The summed E-state index contributed by atoms with van der Waals surface area (Å²) in [6.07, 6.45) is 0.776. The number of hydrogen-bond acceptors (Lipinski definition) is 5. The quantitative estimate of drug-likeness (QED) is 0.322. The summed E-state index contributed by atoms with van der Waals surface area (Å²) in [4.78, 5) is 28.1. The maximum absolute atomic E-state index is 15.3. The number of methoxy groups -OCH3 is 1. The highest BCUT2D eigenvalue weighted by Gasteiger charge is 2.38. The highest BCUT2D eigenvalue weighted by Crippen LogP contribution is 2.49. The zero-order chi connectivity index (χ0) is 27.4. The number of benzene rings is 3. The minimum absolute atomic E-state index is 0.0750. The number of carbonyl (C=O) groups excluding carboxylic acids is 2. The molecule has 0 radical (unpaired) electrons. The summed E-state index contributed by atoms with van der Waals surface area (Å²) in [6.45, 7) is 2.30. The number of nitrogens with zero attached hydrogens (tertiary/aromatic N) is 3. The summed E-state index contributed by atoms with van der Waals surface area (Å²) in [7, 11) is 1.59. The van der Waals surface area contributed by atoms with E-state index in [1.807, 2.05) is 61.5 Å². The first-order valence-electron chi connectivity index (χ1n) is 12.8. The number of ether oxygens (including phenoxy) is 1. The average Bonchev–Trinajstić information content (AvgIpc) is 3.30. The monoisotopic (exact) mass is 544 g/mol. The van der Waals surface area contributed by atoms with Gasteiger partial charge in [0.1, 0.15) is 23.9 Å². The fourth-order valence-corrected chi connectivity index (χ4v) is 5.85. The maximum Gasteiger partial charge on any atom is 0.240 e. The lowest BCUT2D eigenvalue weighted by molar-refractivity contribution is -0.122. The van der Waals surface area contributed by atoms with E-state index in [9.17, 15) is 9.59 Å². The summed E-state index contributed by atoms with van der Waals surface area (Å²) in [5, 5.41) is 7.34. The van der Waals surface area contributed by atoms with Crippen LogP contribution >= 0.6 is 11.8 Å². The van der Waals surface area contributed by atoms with Crippen LogP contribution in [0.2, 0.25) is 0 Å². The van der Waals surface area contributed by atoms with Gasteiger partial charge < -0.3 is 10.1 Å². The molecule has 200 valence electrons. The fraction of sp³-hybridized carbons (Fsp3) is 0.233. The third-order valence-electron chi connectivity index (χ3n) is 6.51. The molecule has 1 aromatic heterocycles. The van der Waals surface area contributed by atoms with Crippen LogP contribution in [0, 0.1) is 5.82 Å². The first-order chi connectivity index (χ1) is 19.0. The molecule has 0 aliphatic carbocycles. The van der Waals surface area contributed by atoms with Crippen molar-refractivity contribution in [3.05, 3.63) is 95.8 Å². The lowest BCUT2D eigenvalue weighted by Crippen LogP contribution is -2.42. The van der Waals surface area contributed by atoms with Crippen molar-refractivity contribution in [2.24, 2.45) is 0 Å². The van der Waals surface area contributed by atoms with Crippen molar-refractivity contribution < 1.29 is 18.7 Å². The lowest BCUT2D eigenvalue weighted by atomic mass is 9.99. The van der Waals surface area contributed by atoms with Crippen LogP contribution in [0.4, 0.5) is 10.2 Å². The van der Waals surface area contributed by atoms with Crippen molar-refractivity contribution in [1.29, 1.82) is 0 Å². The number of thioether (sulfide) groups is 1. The van der Waals surface area contributed by atoms with Crippen LogP contribution in [0.3, 0.4) is 0 Å². The third kappa shape index (κ3) is 5.40. The molecule has 9 heteroatoms. The molecule has 2 amide bonds. The van der Waals surface area contributed by atoms with Gasteiger partial charge in [0.05, 0.1) is 29.5 Å². The number of carbonyl (C=O) groups is 2. The van der Waals surface area contributed by atoms with E-state index in [2.05, 4.69) is 5.32 Å². The predicted molar refractivity (Wildman–Crippen MR) is 152 cm³/mol. The predicted octanol–water partition coefficient (Wildman–Crippen LogP) is 5.38. The molecule has 5 rings (SSSR count). The van der Waals surface area contributed by atoms with Crippen molar-refractivity contribution >= 4 is 29.4 Å². The summed E-state index contributed by atoms with van der Waals surface area (Å²) >= 11 is 1.34. The van der Waals surface area contributed by atoms with E-state index >= 15 is 4.39 Å². The van der Waals surface area contributed by atoms with Crippen LogP contribution in [-0.2, 0) is 9.59 Å². The number of anilines is 1. The van der Waals surface area contributed by atoms with Crippen molar-refractivity contribution in [2.75, 3.05) is 30.9 Å². The molecule has 1 aliphatic heterocycles. The van der Waals surface area contributed by atoms with Crippen LogP contribution < -0.4 is 15.0 Å². The van der Waals surface area contributed by atoms with Gasteiger partial charge in [-0.1, -0.05) is 55.5 Å². The number of halogens is 1. The van der Waals surface area contributed by atoms with Gasteiger partial charge in [0, 0.05) is 23.2 Å². The summed E-state index contributed by atoms with van der Waals surface area (Å²) in [6, 6.07) is 23.5. The number of nitrogens with one attached hydrogen (secondary N) is 1. The van der Waals surface area contributed by atoms with Gasteiger partial charge in [-0.3, -0.25) is 14.5 Å². The molecule has 1 aliphatic rings. The van der Waals surface area contributed by atoms with Gasteiger partial charge in [-0.2, -0.15) is 5.10 Å². The van der Waals surface area contributed by atoms with Crippen molar-refractivity contribution in [3.63, 3.8) is 0 Å². The smallest absolute Gasteiger partial charge is 0.240 e. The maximum atomic E-state index is 15.3. The molecule has 0 spiro atoms. The second kappa shape index (κ2) is 11.7. The molecule has 1 N–H and O–H groups in total. The molecule has 39 heavy (non-hydrogen) atoms. The molecule has 0 fully saturated rings. The summed E-state index contributed by atoms with van der Waals surface area (Å²) in [5.74, 6) is 0.320. The normalized spacial score (nSPS) is 15.0. The van der Waals surface area contributed by atoms with Crippen LogP contribution in [0.1, 0.15) is 29.7 Å². The zero-order valence-corrected chi connectivity index (χ0v) is 22.6. The molecule has 0 saturated heterocycles. The van der Waals surface area contributed by atoms with Gasteiger partial charge in [-0.05, 0) is 36.8 Å². The van der Waals surface area contributed by atoms with E-state index in [1.165, 1.54) is 22.7 Å². The van der Waals surface area contributed by atoms with Gasteiger partial charge in [0.15, 0.2) is 0 Å². The van der Waals surface area contributed by atoms with E-state index in [0.717, 1.165) is 12.0 Å². The Morgan fingerprint density at radius 3 is 2.49 bits per heavy atom. The molecule has 0 unspecified atom stereocenters. The molecule has 0 saturated carbocycles. The first-order valence-corrected chi connectivity index (χ1v) is 13.8. The van der Waals surface area contributed by atoms with Crippen LogP contribution in [0.25, 0.3) is 16.9 Å². The van der Waals surface area contributed by atoms with Gasteiger partial charge in [0.2, 0.25) is 11.8 Å². The molecule has 4 aromatic rings. The van der Waals surface area contributed by atoms with E-state index in [0.29, 0.717) is 40.6 Å². The highest BCUT2D eigenvalue weighted by molar-refractivity contribution is 8.00. The average molecular weight is 545 g/mol. The van der Waals surface area contributed by atoms with Crippen LogP contribution in [0.15, 0.2) is 78.9 Å². The van der Waals surface area contributed by atoms with Crippen LogP contribution in [-0.4, -0.2) is 47.5 Å². The van der Waals surface area contributed by atoms with E-state index in [1.54, 1.807) is 30.0 Å². The standard InChI is InChI=1S/C30H29FN4O3S/c1-3-17-32-25(36)18-34-26(37)19-39-29(23-11-7-8-12-24(23)31)27-28(20-9-5-4-6-10-20)33-35(30(27)34)21-13-15-22(38-2)16-14-21/h4-16,29H,3,17-19H2,1-2H3,(H,32,36)/t29-/m1/s1. The Bertz CT molecular complexity index is 1470. The Hall–Kier alpha value is -4.11. The van der Waals surface area contributed by atoms with E-state index < -0.39 is 5.25 Å². The molecule has 0 bridgehead atoms. The molecule has 7 nitrogen and oxygen atoms in total. The summed E-state index contributed by atoms with van der Waals surface area (Å²) in [5.41, 5.74) is 3.27. The number of rotatable bonds is 8. The largest absolute Gasteiger partial charge is 0.497 e. The highest BCUT2D eigenvalue weighted by atomic mass is 32.2. The van der Waals surface area contributed by atoms with E-state index in [4.69, 9.17) is 9.84 Å². The minimum Gasteiger partial charge on any atom is -0.497 e. The molecular weight excluding hydrogens is 515 g/mol. The minimum atomic E-state index is -0.531. The lowest BCUT2D eigenvalue weighted by Gasteiger charge is -2.23. The SMILES string of the molecule is CCCNC(=O)CN1C(=O)CS[C@H](c2ccccc2F)c2c(-c3ccccc3)nn(-c3ccc(OC)cc3)c21. The fourth-order valence-electron chi connectivity index (χ4n) is 4.63.